The van der Waals surface area contributed by atoms with Crippen molar-refractivity contribution >= 4 is 0 Å². The molecular formula is C14H27NO. The molecule has 1 saturated heterocycles. The molecule has 4 atom stereocenters. The van der Waals surface area contributed by atoms with Crippen molar-refractivity contribution in [3.05, 3.63) is 0 Å². The van der Waals surface area contributed by atoms with E-state index in [1.165, 1.54) is 45.1 Å². The van der Waals surface area contributed by atoms with E-state index < -0.39 is 0 Å². The molecule has 2 nitrogen and oxygen atoms in total. The van der Waals surface area contributed by atoms with Crippen LogP contribution in [0.25, 0.3) is 0 Å². The van der Waals surface area contributed by atoms with Crippen LogP contribution in [0.2, 0.25) is 0 Å². The van der Waals surface area contributed by atoms with Crippen molar-refractivity contribution in [2.75, 3.05) is 13.1 Å². The Morgan fingerprint density at radius 3 is 2.62 bits per heavy atom. The smallest absolute Gasteiger partial charge is 0.0693 e. The molecule has 0 aromatic heterocycles. The van der Waals surface area contributed by atoms with E-state index in [0.717, 1.165) is 18.5 Å². The minimum Gasteiger partial charge on any atom is -0.392 e. The molecule has 2 rings (SSSR count). The zero-order valence-electron chi connectivity index (χ0n) is 10.9. The summed E-state index contributed by atoms with van der Waals surface area (Å²) in [6.07, 6.45) is 7.97. The molecule has 1 aliphatic heterocycles. The Labute approximate surface area is 100 Å². The van der Waals surface area contributed by atoms with E-state index in [1.54, 1.807) is 0 Å². The zero-order chi connectivity index (χ0) is 11.5. The number of aliphatic hydroxyl groups is 1. The highest BCUT2D eigenvalue weighted by molar-refractivity contribution is 4.87. The second kappa shape index (κ2) is 5.50. The van der Waals surface area contributed by atoms with Gasteiger partial charge in [0, 0.05) is 12.6 Å². The van der Waals surface area contributed by atoms with Gasteiger partial charge in [-0.15, -0.1) is 0 Å². The fourth-order valence-corrected chi connectivity index (χ4v) is 3.52. The molecule has 0 aromatic carbocycles. The monoisotopic (exact) mass is 225 g/mol. The summed E-state index contributed by atoms with van der Waals surface area (Å²) in [4.78, 5) is 2.58. The van der Waals surface area contributed by atoms with Crippen molar-refractivity contribution in [2.45, 2.75) is 64.5 Å². The number of hydrogen-bond donors (Lipinski definition) is 1. The van der Waals surface area contributed by atoms with Crippen LogP contribution in [-0.4, -0.2) is 35.2 Å². The SMILES string of the molecule is CCC1CCCCC1N1CCC(C)C(O)C1. The van der Waals surface area contributed by atoms with Crippen molar-refractivity contribution in [3.63, 3.8) is 0 Å². The maximum Gasteiger partial charge on any atom is 0.0693 e. The fraction of sp³-hybridized carbons (Fsp3) is 1.00. The first-order chi connectivity index (χ1) is 7.72. The van der Waals surface area contributed by atoms with Gasteiger partial charge in [0.1, 0.15) is 0 Å². The number of β-amino-alcohol motifs (C(OH)–C–C–N with tert-alkyl or cyclic N) is 1. The second-order valence-electron chi connectivity index (χ2n) is 5.85. The number of hydrogen-bond acceptors (Lipinski definition) is 2. The van der Waals surface area contributed by atoms with Gasteiger partial charge in [-0.2, -0.15) is 0 Å². The van der Waals surface area contributed by atoms with Crippen LogP contribution in [0.15, 0.2) is 0 Å². The molecule has 1 aliphatic carbocycles. The highest BCUT2D eigenvalue weighted by atomic mass is 16.3. The van der Waals surface area contributed by atoms with Gasteiger partial charge in [0.2, 0.25) is 0 Å². The van der Waals surface area contributed by atoms with Gasteiger partial charge in [0.15, 0.2) is 0 Å². The van der Waals surface area contributed by atoms with Crippen LogP contribution >= 0.6 is 0 Å². The first-order valence-corrected chi connectivity index (χ1v) is 7.14. The van der Waals surface area contributed by atoms with Gasteiger partial charge in [-0.25, -0.2) is 0 Å². The fourth-order valence-electron chi connectivity index (χ4n) is 3.52. The summed E-state index contributed by atoms with van der Waals surface area (Å²) in [6.45, 7) is 6.63. The Hall–Kier alpha value is -0.0800. The van der Waals surface area contributed by atoms with Crippen molar-refractivity contribution in [1.29, 1.82) is 0 Å². The Morgan fingerprint density at radius 2 is 1.94 bits per heavy atom. The maximum atomic E-state index is 10.00. The molecule has 0 radical (unpaired) electrons. The molecule has 2 fully saturated rings. The first kappa shape index (κ1) is 12.4. The van der Waals surface area contributed by atoms with E-state index in [0.29, 0.717) is 5.92 Å². The quantitative estimate of drug-likeness (QED) is 0.781. The molecule has 1 saturated carbocycles. The van der Waals surface area contributed by atoms with E-state index in [1.807, 2.05) is 0 Å². The highest BCUT2D eigenvalue weighted by Gasteiger charge is 2.33. The Kier molecular flexibility index (Phi) is 4.26. The average Bonchev–Trinajstić information content (AvgIpc) is 2.32. The second-order valence-corrected chi connectivity index (χ2v) is 5.85. The van der Waals surface area contributed by atoms with Crippen molar-refractivity contribution in [2.24, 2.45) is 11.8 Å². The predicted octanol–water partition coefficient (Wildman–Crippen LogP) is 2.66. The maximum absolute atomic E-state index is 10.00. The molecule has 94 valence electrons. The number of likely N-dealkylation sites (tertiary alicyclic amines) is 1. The number of rotatable bonds is 2. The first-order valence-electron chi connectivity index (χ1n) is 7.14. The van der Waals surface area contributed by atoms with Gasteiger partial charge in [0.25, 0.3) is 0 Å². The summed E-state index contributed by atoms with van der Waals surface area (Å²) >= 11 is 0. The van der Waals surface area contributed by atoms with Crippen molar-refractivity contribution in [3.8, 4) is 0 Å². The van der Waals surface area contributed by atoms with Crippen LogP contribution in [0.3, 0.4) is 0 Å². The lowest BCUT2D eigenvalue weighted by atomic mass is 9.80. The Morgan fingerprint density at radius 1 is 1.19 bits per heavy atom. The summed E-state index contributed by atoms with van der Waals surface area (Å²) in [6, 6.07) is 0.765. The van der Waals surface area contributed by atoms with E-state index >= 15 is 0 Å². The number of aliphatic hydroxyl groups excluding tert-OH is 1. The minimum atomic E-state index is -0.0896. The molecule has 0 bridgehead atoms. The molecule has 0 aromatic rings. The van der Waals surface area contributed by atoms with Crippen LogP contribution in [0, 0.1) is 11.8 Å². The van der Waals surface area contributed by atoms with E-state index in [-0.39, 0.29) is 6.10 Å². The van der Waals surface area contributed by atoms with Gasteiger partial charge in [0.05, 0.1) is 6.10 Å². The van der Waals surface area contributed by atoms with E-state index in [2.05, 4.69) is 18.7 Å². The van der Waals surface area contributed by atoms with Crippen LogP contribution < -0.4 is 0 Å². The van der Waals surface area contributed by atoms with Gasteiger partial charge in [-0.05, 0) is 37.6 Å². The minimum absolute atomic E-state index is 0.0896. The van der Waals surface area contributed by atoms with E-state index in [9.17, 15) is 5.11 Å². The van der Waals surface area contributed by atoms with Gasteiger partial charge in [-0.1, -0.05) is 33.1 Å². The summed E-state index contributed by atoms with van der Waals surface area (Å²) in [5, 5.41) is 10.00. The highest BCUT2D eigenvalue weighted by Crippen LogP contribution is 2.32. The van der Waals surface area contributed by atoms with Crippen LogP contribution in [0.1, 0.15) is 52.4 Å². The third kappa shape index (κ3) is 2.60. The van der Waals surface area contributed by atoms with Crippen LogP contribution in [0.4, 0.5) is 0 Å². The topological polar surface area (TPSA) is 23.5 Å². The summed E-state index contributed by atoms with van der Waals surface area (Å²) in [5.74, 6) is 1.38. The third-order valence-electron chi connectivity index (χ3n) is 4.81. The molecule has 2 heteroatoms. The molecule has 0 spiro atoms. The van der Waals surface area contributed by atoms with Crippen molar-refractivity contribution < 1.29 is 5.11 Å². The van der Waals surface area contributed by atoms with Gasteiger partial charge >= 0.3 is 0 Å². The summed E-state index contributed by atoms with van der Waals surface area (Å²) in [7, 11) is 0. The lowest BCUT2D eigenvalue weighted by molar-refractivity contribution is -0.0125. The molecule has 1 N–H and O–H groups in total. The standard InChI is InChI=1S/C14H27NO/c1-3-12-6-4-5-7-13(12)15-9-8-11(2)14(16)10-15/h11-14,16H,3-10H2,1-2H3. The third-order valence-corrected chi connectivity index (χ3v) is 4.81. The largest absolute Gasteiger partial charge is 0.392 e. The lowest BCUT2D eigenvalue weighted by Gasteiger charge is -2.44. The Balaban J connectivity index is 1.95. The molecular weight excluding hydrogens is 198 g/mol. The lowest BCUT2D eigenvalue weighted by Crippen LogP contribution is -2.51. The number of piperidine rings is 1. The van der Waals surface area contributed by atoms with Gasteiger partial charge in [-0.3, -0.25) is 4.90 Å². The zero-order valence-corrected chi connectivity index (χ0v) is 10.9. The summed E-state index contributed by atoms with van der Waals surface area (Å²) < 4.78 is 0. The van der Waals surface area contributed by atoms with Crippen LogP contribution in [-0.2, 0) is 0 Å². The molecule has 1 heterocycles. The predicted molar refractivity (Wildman–Crippen MR) is 67.4 cm³/mol. The normalized spacial score (nSPS) is 42.2. The van der Waals surface area contributed by atoms with Crippen molar-refractivity contribution in [1.82, 2.24) is 4.90 Å². The summed E-state index contributed by atoms with van der Waals surface area (Å²) in [5.41, 5.74) is 0. The number of nitrogens with zero attached hydrogens (tertiary/aromatic N) is 1. The molecule has 4 unspecified atom stereocenters. The van der Waals surface area contributed by atoms with E-state index in [4.69, 9.17) is 0 Å². The Bertz CT molecular complexity index is 219. The molecule has 0 amide bonds. The molecule has 16 heavy (non-hydrogen) atoms. The van der Waals surface area contributed by atoms with Crippen LogP contribution in [0.5, 0.6) is 0 Å². The van der Waals surface area contributed by atoms with Gasteiger partial charge < -0.3 is 5.11 Å². The average molecular weight is 225 g/mol. The molecule has 2 aliphatic rings.